The lowest BCUT2D eigenvalue weighted by Gasteiger charge is -2.47. The van der Waals surface area contributed by atoms with E-state index in [9.17, 15) is 4.79 Å². The summed E-state index contributed by atoms with van der Waals surface area (Å²) in [5.41, 5.74) is 0. The lowest BCUT2D eigenvalue weighted by Crippen LogP contribution is -2.45. The van der Waals surface area contributed by atoms with E-state index in [-0.39, 0.29) is 18.0 Å². The van der Waals surface area contributed by atoms with Crippen LogP contribution in [0, 0.1) is 29.6 Å². The zero-order valence-electron chi connectivity index (χ0n) is 15.5. The predicted octanol–water partition coefficient (Wildman–Crippen LogP) is 4.30. The van der Waals surface area contributed by atoms with Gasteiger partial charge in [0.15, 0.2) is 0 Å². The molecule has 2 saturated carbocycles. The monoisotopic (exact) mass is 333 g/mol. The molecule has 4 aliphatic rings. The lowest BCUT2D eigenvalue weighted by molar-refractivity contribution is -0.144. The van der Waals surface area contributed by atoms with Gasteiger partial charge in [0, 0.05) is 18.0 Å². The zero-order valence-corrected chi connectivity index (χ0v) is 15.5. The van der Waals surface area contributed by atoms with Crippen LogP contribution in [0.1, 0.15) is 78.1 Å². The van der Waals surface area contributed by atoms with E-state index in [1.807, 2.05) is 0 Å². The number of ether oxygens (including phenoxy) is 1. The van der Waals surface area contributed by atoms with Crippen LogP contribution in [-0.2, 0) is 9.53 Å². The van der Waals surface area contributed by atoms with E-state index in [4.69, 9.17) is 4.74 Å². The fraction of sp³-hybridized carbons (Fsp3) is 0.952. The molecule has 0 spiro atoms. The van der Waals surface area contributed by atoms with Crippen LogP contribution in [0.25, 0.3) is 0 Å². The summed E-state index contributed by atoms with van der Waals surface area (Å²) in [4.78, 5) is 12.4. The van der Waals surface area contributed by atoms with Gasteiger partial charge in [-0.3, -0.25) is 4.79 Å². The van der Waals surface area contributed by atoms with Crippen molar-refractivity contribution in [1.82, 2.24) is 5.32 Å². The van der Waals surface area contributed by atoms with Crippen molar-refractivity contribution in [3.63, 3.8) is 0 Å². The van der Waals surface area contributed by atoms with E-state index in [1.165, 1.54) is 57.8 Å². The van der Waals surface area contributed by atoms with Crippen molar-refractivity contribution in [2.45, 2.75) is 96.2 Å². The van der Waals surface area contributed by atoms with Crippen LogP contribution in [0.4, 0.5) is 0 Å². The number of rotatable bonds is 3. The Morgan fingerprint density at radius 3 is 2.71 bits per heavy atom. The summed E-state index contributed by atoms with van der Waals surface area (Å²) in [6.07, 6.45) is 13.4. The van der Waals surface area contributed by atoms with E-state index >= 15 is 0 Å². The molecule has 0 aromatic carbocycles. The van der Waals surface area contributed by atoms with E-state index < -0.39 is 0 Å². The van der Waals surface area contributed by atoms with Crippen LogP contribution in [0.15, 0.2) is 0 Å². The molecular weight excluding hydrogens is 298 g/mol. The van der Waals surface area contributed by atoms with Crippen LogP contribution >= 0.6 is 0 Å². The molecule has 2 aliphatic heterocycles. The summed E-state index contributed by atoms with van der Waals surface area (Å²) in [7, 11) is 0. The van der Waals surface area contributed by atoms with Gasteiger partial charge in [-0.25, -0.2) is 0 Å². The molecule has 136 valence electrons. The molecule has 0 amide bonds. The van der Waals surface area contributed by atoms with Gasteiger partial charge < -0.3 is 10.1 Å². The number of esters is 1. The van der Waals surface area contributed by atoms with Gasteiger partial charge in [0.1, 0.15) is 6.10 Å². The molecule has 0 unspecified atom stereocenters. The first-order valence-corrected chi connectivity index (χ1v) is 10.6. The van der Waals surface area contributed by atoms with Gasteiger partial charge in [0.25, 0.3) is 0 Å². The SMILES string of the molecule is C[C@@H]1OC(=O)[C@H]2C[C@H]3CCCC[C@@H]3[C@@H](CC[C@@H]3CCC[C@H](C)N3)[C@@H]12. The lowest BCUT2D eigenvalue weighted by atomic mass is 9.56. The molecule has 24 heavy (non-hydrogen) atoms. The van der Waals surface area contributed by atoms with Crippen molar-refractivity contribution in [3.05, 3.63) is 0 Å². The topological polar surface area (TPSA) is 38.3 Å². The third-order valence-corrected chi connectivity index (χ3v) is 7.74. The summed E-state index contributed by atoms with van der Waals surface area (Å²) in [5, 5.41) is 3.81. The summed E-state index contributed by atoms with van der Waals surface area (Å²) >= 11 is 0. The van der Waals surface area contributed by atoms with Gasteiger partial charge in [0.2, 0.25) is 0 Å². The van der Waals surface area contributed by atoms with Gasteiger partial charge in [0.05, 0.1) is 5.92 Å². The second-order valence-corrected chi connectivity index (χ2v) is 9.21. The average Bonchev–Trinajstić information content (AvgIpc) is 2.86. The summed E-state index contributed by atoms with van der Waals surface area (Å²) in [5.74, 6) is 3.19. The maximum absolute atomic E-state index is 12.4. The maximum atomic E-state index is 12.4. The Morgan fingerprint density at radius 2 is 1.88 bits per heavy atom. The molecule has 0 aromatic rings. The minimum Gasteiger partial charge on any atom is -0.462 e. The zero-order chi connectivity index (χ0) is 16.7. The number of fused-ring (bicyclic) bond motifs is 2. The Morgan fingerprint density at radius 1 is 1.04 bits per heavy atom. The fourth-order valence-corrected chi connectivity index (χ4v) is 6.70. The standard InChI is InChI=1S/C21H35NO2/c1-13-6-5-8-16(22-13)10-11-18-17-9-4-3-7-15(17)12-19-20(18)14(2)24-21(19)23/h13-20,22H,3-12H2,1-2H3/t13-,14-,15+,16-,17-,18+,19-,20+/m0/s1. The molecular formula is C21H35NO2. The number of hydrogen-bond donors (Lipinski definition) is 1. The average molecular weight is 334 g/mol. The van der Waals surface area contributed by atoms with Crippen LogP contribution in [0.5, 0.6) is 0 Å². The highest BCUT2D eigenvalue weighted by Crippen LogP contribution is 2.54. The normalized spacial score (nSPS) is 48.5. The molecule has 4 fully saturated rings. The quantitative estimate of drug-likeness (QED) is 0.783. The molecule has 3 nitrogen and oxygen atoms in total. The molecule has 0 bridgehead atoms. The third-order valence-electron chi connectivity index (χ3n) is 7.74. The van der Waals surface area contributed by atoms with Crippen molar-refractivity contribution in [2.24, 2.45) is 29.6 Å². The van der Waals surface area contributed by atoms with E-state index in [0.29, 0.717) is 18.0 Å². The molecule has 2 saturated heterocycles. The minimum absolute atomic E-state index is 0.117. The summed E-state index contributed by atoms with van der Waals surface area (Å²) in [6.45, 7) is 4.48. The largest absolute Gasteiger partial charge is 0.462 e. The second-order valence-electron chi connectivity index (χ2n) is 9.21. The van der Waals surface area contributed by atoms with Gasteiger partial charge >= 0.3 is 5.97 Å². The van der Waals surface area contributed by atoms with Crippen molar-refractivity contribution < 1.29 is 9.53 Å². The molecule has 4 rings (SSSR count). The first-order valence-electron chi connectivity index (χ1n) is 10.6. The highest BCUT2D eigenvalue weighted by Gasteiger charge is 2.54. The van der Waals surface area contributed by atoms with Gasteiger partial charge in [-0.15, -0.1) is 0 Å². The number of hydrogen-bond acceptors (Lipinski definition) is 3. The first kappa shape index (κ1) is 16.9. The van der Waals surface area contributed by atoms with Crippen molar-refractivity contribution in [2.75, 3.05) is 0 Å². The van der Waals surface area contributed by atoms with Gasteiger partial charge in [-0.1, -0.05) is 25.7 Å². The molecule has 0 radical (unpaired) electrons. The van der Waals surface area contributed by atoms with Gasteiger partial charge in [-0.05, 0) is 70.1 Å². The smallest absolute Gasteiger partial charge is 0.309 e. The Hall–Kier alpha value is -0.570. The Balaban J connectivity index is 1.47. The predicted molar refractivity (Wildman–Crippen MR) is 95.6 cm³/mol. The van der Waals surface area contributed by atoms with E-state index in [0.717, 1.165) is 24.2 Å². The maximum Gasteiger partial charge on any atom is 0.309 e. The molecule has 2 aliphatic carbocycles. The van der Waals surface area contributed by atoms with Crippen LogP contribution in [-0.4, -0.2) is 24.2 Å². The van der Waals surface area contributed by atoms with E-state index in [2.05, 4.69) is 19.2 Å². The Labute approximate surface area is 147 Å². The van der Waals surface area contributed by atoms with Gasteiger partial charge in [-0.2, -0.15) is 0 Å². The van der Waals surface area contributed by atoms with E-state index in [1.54, 1.807) is 0 Å². The first-order chi connectivity index (χ1) is 11.6. The number of carbonyl (C=O) groups is 1. The third kappa shape index (κ3) is 3.13. The highest BCUT2D eigenvalue weighted by molar-refractivity contribution is 5.75. The highest BCUT2D eigenvalue weighted by atomic mass is 16.6. The summed E-state index contributed by atoms with van der Waals surface area (Å²) < 4.78 is 5.70. The van der Waals surface area contributed by atoms with Crippen LogP contribution in [0.2, 0.25) is 0 Å². The van der Waals surface area contributed by atoms with Crippen molar-refractivity contribution in [3.8, 4) is 0 Å². The molecule has 2 heterocycles. The molecule has 3 heteroatoms. The number of cyclic esters (lactones) is 1. The molecule has 8 atom stereocenters. The van der Waals surface area contributed by atoms with Crippen LogP contribution in [0.3, 0.4) is 0 Å². The second kappa shape index (κ2) is 6.97. The number of nitrogens with one attached hydrogen (secondary N) is 1. The molecule has 1 N–H and O–H groups in total. The van der Waals surface area contributed by atoms with Crippen LogP contribution < -0.4 is 5.32 Å². The van der Waals surface area contributed by atoms with Crippen molar-refractivity contribution >= 4 is 5.97 Å². The Kier molecular flexibility index (Phi) is 4.90. The number of piperidine rings is 1. The fourth-order valence-electron chi connectivity index (χ4n) is 6.70. The Bertz CT molecular complexity index is 465. The van der Waals surface area contributed by atoms with Crippen molar-refractivity contribution in [1.29, 1.82) is 0 Å². The summed E-state index contributed by atoms with van der Waals surface area (Å²) in [6, 6.07) is 1.38. The minimum atomic E-state index is 0.117. The molecule has 0 aromatic heterocycles. The number of carbonyl (C=O) groups excluding carboxylic acids is 1.